The summed E-state index contributed by atoms with van der Waals surface area (Å²) in [5.41, 5.74) is 0.737. The third-order valence-electron chi connectivity index (χ3n) is 2.34. The summed E-state index contributed by atoms with van der Waals surface area (Å²) in [6, 6.07) is 10.5. The number of anilines is 1. The van der Waals surface area contributed by atoms with Gasteiger partial charge >= 0.3 is 0 Å². The number of nitrogens with one attached hydrogen (secondary N) is 1. The number of rotatable bonds is 3. The molecule has 0 unspecified atom stereocenters. The molecule has 1 amide bonds. The highest BCUT2D eigenvalue weighted by atomic mass is 32.2. The number of amides is 1. The van der Waals surface area contributed by atoms with Crippen molar-refractivity contribution in [2.24, 2.45) is 5.14 Å². The maximum Gasteiger partial charge on any atom is 0.274 e. The van der Waals surface area contributed by atoms with Gasteiger partial charge in [0.15, 0.2) is 0 Å². The Labute approximate surface area is 110 Å². The zero-order chi connectivity index (χ0) is 13.9. The number of pyridine rings is 1. The Balaban J connectivity index is 2.15. The third-order valence-corrected chi connectivity index (χ3v) is 3.27. The first-order chi connectivity index (χ1) is 8.97. The molecule has 1 aromatic carbocycles. The predicted molar refractivity (Wildman–Crippen MR) is 70.0 cm³/mol. The van der Waals surface area contributed by atoms with Gasteiger partial charge in [-0.2, -0.15) is 0 Å². The summed E-state index contributed by atoms with van der Waals surface area (Å²) >= 11 is 0. The number of nitrogens with two attached hydrogens (primary N) is 1. The quantitative estimate of drug-likeness (QED) is 0.873. The Morgan fingerprint density at radius 1 is 1.11 bits per heavy atom. The van der Waals surface area contributed by atoms with Crippen LogP contribution >= 0.6 is 0 Å². The van der Waals surface area contributed by atoms with Gasteiger partial charge in [-0.25, -0.2) is 13.6 Å². The average Bonchev–Trinajstić information content (AvgIpc) is 2.39. The largest absolute Gasteiger partial charge is 0.321 e. The number of benzene rings is 1. The van der Waals surface area contributed by atoms with Crippen molar-refractivity contribution in [1.82, 2.24) is 4.98 Å². The maximum absolute atomic E-state index is 11.8. The normalized spacial score (nSPS) is 11.0. The van der Waals surface area contributed by atoms with E-state index >= 15 is 0 Å². The summed E-state index contributed by atoms with van der Waals surface area (Å²) in [4.78, 5) is 15.7. The van der Waals surface area contributed by atoms with E-state index in [2.05, 4.69) is 10.3 Å². The van der Waals surface area contributed by atoms with Gasteiger partial charge < -0.3 is 5.32 Å². The molecule has 7 heteroatoms. The second kappa shape index (κ2) is 5.17. The summed E-state index contributed by atoms with van der Waals surface area (Å²) in [7, 11) is -3.73. The van der Waals surface area contributed by atoms with E-state index in [0.29, 0.717) is 5.69 Å². The molecule has 0 spiro atoms. The van der Waals surface area contributed by atoms with Gasteiger partial charge in [0.25, 0.3) is 5.91 Å². The van der Waals surface area contributed by atoms with Crippen LogP contribution in [0.4, 0.5) is 5.69 Å². The molecule has 0 aliphatic heterocycles. The molecule has 2 rings (SSSR count). The second-order valence-electron chi connectivity index (χ2n) is 3.74. The summed E-state index contributed by atoms with van der Waals surface area (Å²) in [5, 5.41) is 7.57. The molecule has 0 atom stereocenters. The minimum absolute atomic E-state index is 0.0108. The zero-order valence-electron chi connectivity index (χ0n) is 9.78. The summed E-state index contributed by atoms with van der Waals surface area (Å²) in [6.45, 7) is 0. The Bertz CT molecular complexity index is 682. The fraction of sp³-hybridized carbons (Fsp3) is 0. The van der Waals surface area contributed by atoms with E-state index in [1.165, 1.54) is 30.5 Å². The lowest BCUT2D eigenvalue weighted by Crippen LogP contribution is -2.14. The third kappa shape index (κ3) is 3.36. The molecule has 1 aromatic heterocycles. The van der Waals surface area contributed by atoms with Crippen molar-refractivity contribution in [1.29, 1.82) is 0 Å². The van der Waals surface area contributed by atoms with Crippen molar-refractivity contribution in [2.75, 3.05) is 5.32 Å². The van der Waals surface area contributed by atoms with Gasteiger partial charge in [-0.05, 0) is 36.4 Å². The van der Waals surface area contributed by atoms with Crippen LogP contribution in [0.15, 0.2) is 53.6 Å². The average molecular weight is 277 g/mol. The molecular weight excluding hydrogens is 266 g/mol. The fourth-order valence-corrected chi connectivity index (χ4v) is 1.94. The Kier molecular flexibility index (Phi) is 3.59. The van der Waals surface area contributed by atoms with Crippen LogP contribution in [-0.2, 0) is 10.0 Å². The van der Waals surface area contributed by atoms with E-state index < -0.39 is 10.0 Å². The van der Waals surface area contributed by atoms with Crippen LogP contribution in [0.3, 0.4) is 0 Å². The Hall–Kier alpha value is -2.25. The lowest BCUT2D eigenvalue weighted by molar-refractivity contribution is 0.102. The first kappa shape index (κ1) is 13.2. The summed E-state index contributed by atoms with van der Waals surface area (Å²) < 4.78 is 22.1. The maximum atomic E-state index is 11.8. The zero-order valence-corrected chi connectivity index (χ0v) is 10.6. The lowest BCUT2D eigenvalue weighted by atomic mass is 10.3. The second-order valence-corrected chi connectivity index (χ2v) is 5.30. The van der Waals surface area contributed by atoms with E-state index in [1.807, 2.05) is 0 Å². The number of hydrogen-bond acceptors (Lipinski definition) is 4. The molecule has 98 valence electrons. The molecule has 19 heavy (non-hydrogen) atoms. The summed E-state index contributed by atoms with van der Waals surface area (Å²) in [6.07, 6.45) is 1.51. The van der Waals surface area contributed by atoms with Crippen LogP contribution in [-0.4, -0.2) is 19.3 Å². The topological polar surface area (TPSA) is 102 Å². The van der Waals surface area contributed by atoms with E-state index in [0.717, 1.165) is 0 Å². The van der Waals surface area contributed by atoms with Crippen LogP contribution < -0.4 is 10.5 Å². The van der Waals surface area contributed by atoms with E-state index in [1.54, 1.807) is 18.2 Å². The number of carbonyl (C=O) groups is 1. The lowest BCUT2D eigenvalue weighted by Gasteiger charge is -2.05. The number of nitrogens with zero attached hydrogens (tertiary/aromatic N) is 1. The van der Waals surface area contributed by atoms with Crippen LogP contribution in [0.2, 0.25) is 0 Å². The molecule has 0 aliphatic carbocycles. The number of aromatic nitrogens is 1. The number of sulfonamides is 1. The van der Waals surface area contributed by atoms with Crippen molar-refractivity contribution in [3.8, 4) is 0 Å². The predicted octanol–water partition coefficient (Wildman–Crippen LogP) is 0.981. The molecular formula is C12H11N3O3S. The van der Waals surface area contributed by atoms with Gasteiger partial charge in [-0.1, -0.05) is 6.07 Å². The molecule has 0 saturated heterocycles. The SMILES string of the molecule is NS(=O)(=O)c1ccc(NC(=O)c2ccccn2)cc1. The van der Waals surface area contributed by atoms with Crippen LogP contribution in [0.5, 0.6) is 0 Å². The molecule has 0 radical (unpaired) electrons. The Morgan fingerprint density at radius 3 is 2.32 bits per heavy atom. The van der Waals surface area contributed by atoms with Gasteiger partial charge in [0.2, 0.25) is 10.0 Å². The van der Waals surface area contributed by atoms with E-state index in [4.69, 9.17) is 5.14 Å². The van der Waals surface area contributed by atoms with Crippen molar-refractivity contribution in [3.63, 3.8) is 0 Å². The van der Waals surface area contributed by atoms with Crippen molar-refractivity contribution < 1.29 is 13.2 Å². The van der Waals surface area contributed by atoms with E-state index in [-0.39, 0.29) is 16.5 Å². The highest BCUT2D eigenvalue weighted by Gasteiger charge is 2.09. The molecule has 2 aromatic rings. The van der Waals surface area contributed by atoms with Crippen LogP contribution in [0.1, 0.15) is 10.5 Å². The van der Waals surface area contributed by atoms with Gasteiger partial charge in [-0.15, -0.1) is 0 Å². The molecule has 0 fully saturated rings. The van der Waals surface area contributed by atoms with E-state index in [9.17, 15) is 13.2 Å². The number of carbonyl (C=O) groups excluding carboxylic acids is 1. The fourth-order valence-electron chi connectivity index (χ4n) is 1.42. The molecule has 1 heterocycles. The first-order valence-electron chi connectivity index (χ1n) is 5.32. The summed E-state index contributed by atoms with van der Waals surface area (Å²) in [5.74, 6) is -0.371. The highest BCUT2D eigenvalue weighted by molar-refractivity contribution is 7.89. The minimum atomic E-state index is -3.73. The highest BCUT2D eigenvalue weighted by Crippen LogP contribution is 2.13. The number of hydrogen-bond donors (Lipinski definition) is 2. The molecule has 0 saturated carbocycles. The van der Waals surface area contributed by atoms with Crippen molar-refractivity contribution >= 4 is 21.6 Å². The minimum Gasteiger partial charge on any atom is -0.321 e. The first-order valence-corrected chi connectivity index (χ1v) is 6.87. The molecule has 0 aliphatic rings. The van der Waals surface area contributed by atoms with Gasteiger partial charge in [-0.3, -0.25) is 9.78 Å². The van der Waals surface area contributed by atoms with Gasteiger partial charge in [0.1, 0.15) is 5.69 Å². The monoisotopic (exact) mass is 277 g/mol. The standard InChI is InChI=1S/C12H11N3O3S/c13-19(17,18)10-6-4-9(5-7-10)15-12(16)11-3-1-2-8-14-11/h1-8H,(H,15,16)(H2,13,17,18). The number of primary sulfonamides is 1. The molecule has 6 nitrogen and oxygen atoms in total. The van der Waals surface area contributed by atoms with Crippen LogP contribution in [0.25, 0.3) is 0 Å². The van der Waals surface area contributed by atoms with Gasteiger partial charge in [0, 0.05) is 11.9 Å². The molecule has 0 bridgehead atoms. The Morgan fingerprint density at radius 2 is 1.79 bits per heavy atom. The van der Waals surface area contributed by atoms with Crippen molar-refractivity contribution in [3.05, 3.63) is 54.4 Å². The van der Waals surface area contributed by atoms with Crippen molar-refractivity contribution in [2.45, 2.75) is 4.90 Å². The molecule has 3 N–H and O–H groups in total. The smallest absolute Gasteiger partial charge is 0.274 e. The van der Waals surface area contributed by atoms with Crippen LogP contribution in [0, 0.1) is 0 Å². The van der Waals surface area contributed by atoms with Gasteiger partial charge in [0.05, 0.1) is 4.90 Å².